The molecule has 28 heavy (non-hydrogen) atoms. The molecular formula is C18H26FN7O2. The SMILES string of the molecule is CCCN1CCN(c2ccc(N3CC(CN(N)/C=C\N)OC3=O)cc2F)C=N1. The second-order valence-corrected chi connectivity index (χ2v) is 6.67. The topological polar surface area (TPSA) is 104 Å². The number of ether oxygens (including phenoxy) is 1. The van der Waals surface area contributed by atoms with Crippen LogP contribution in [0.25, 0.3) is 0 Å². The minimum Gasteiger partial charge on any atom is -0.442 e. The number of carbonyl (C=O) groups is 1. The van der Waals surface area contributed by atoms with Crippen LogP contribution in [0.4, 0.5) is 20.6 Å². The molecular weight excluding hydrogens is 365 g/mol. The van der Waals surface area contributed by atoms with Crippen molar-refractivity contribution in [3.05, 3.63) is 36.4 Å². The number of hydrogen-bond acceptors (Lipinski definition) is 8. The zero-order chi connectivity index (χ0) is 20.1. The maximum absolute atomic E-state index is 14.7. The molecule has 1 atom stereocenters. The van der Waals surface area contributed by atoms with E-state index >= 15 is 0 Å². The van der Waals surface area contributed by atoms with Crippen LogP contribution < -0.4 is 21.4 Å². The number of carbonyl (C=O) groups excluding carboxylic acids is 1. The first-order valence-electron chi connectivity index (χ1n) is 9.25. The lowest BCUT2D eigenvalue weighted by molar-refractivity contribution is 0.122. The van der Waals surface area contributed by atoms with Crippen LogP contribution in [0.15, 0.2) is 35.7 Å². The summed E-state index contributed by atoms with van der Waals surface area (Å²) < 4.78 is 20.0. The average molecular weight is 391 g/mol. The molecule has 9 nitrogen and oxygen atoms in total. The van der Waals surface area contributed by atoms with Crippen LogP contribution in [-0.2, 0) is 4.74 Å². The van der Waals surface area contributed by atoms with E-state index in [-0.39, 0.29) is 13.1 Å². The molecule has 1 aromatic carbocycles. The molecule has 1 aromatic rings. The number of hydrazine groups is 1. The molecule has 4 N–H and O–H groups in total. The van der Waals surface area contributed by atoms with Gasteiger partial charge in [0.15, 0.2) is 0 Å². The summed E-state index contributed by atoms with van der Waals surface area (Å²) in [4.78, 5) is 15.3. The quantitative estimate of drug-likeness (QED) is 0.532. The Hall–Kier alpha value is -3.01. The molecule has 0 bridgehead atoms. The van der Waals surface area contributed by atoms with Gasteiger partial charge in [-0.1, -0.05) is 6.92 Å². The van der Waals surface area contributed by atoms with Crippen LogP contribution >= 0.6 is 0 Å². The van der Waals surface area contributed by atoms with Gasteiger partial charge in [-0.25, -0.2) is 15.0 Å². The van der Waals surface area contributed by atoms with Gasteiger partial charge < -0.3 is 20.4 Å². The number of benzene rings is 1. The molecule has 0 radical (unpaired) electrons. The summed E-state index contributed by atoms with van der Waals surface area (Å²) in [6.45, 7) is 4.92. The van der Waals surface area contributed by atoms with E-state index in [1.165, 1.54) is 28.4 Å². The van der Waals surface area contributed by atoms with Gasteiger partial charge in [-0.15, -0.1) is 0 Å². The summed E-state index contributed by atoms with van der Waals surface area (Å²) in [7, 11) is 0. The number of anilines is 2. The number of halogens is 1. The van der Waals surface area contributed by atoms with Gasteiger partial charge >= 0.3 is 6.09 Å². The van der Waals surface area contributed by atoms with Gasteiger partial charge in [0.05, 0.1) is 31.0 Å². The zero-order valence-corrected chi connectivity index (χ0v) is 15.9. The number of nitrogens with two attached hydrogens (primary N) is 2. The molecule has 1 saturated heterocycles. The van der Waals surface area contributed by atoms with E-state index in [4.69, 9.17) is 16.3 Å². The fourth-order valence-electron chi connectivity index (χ4n) is 3.21. The first-order chi connectivity index (χ1) is 13.5. The molecule has 0 spiro atoms. The third-order valence-corrected chi connectivity index (χ3v) is 4.55. The Kier molecular flexibility index (Phi) is 6.19. The number of cyclic esters (lactones) is 1. The fraction of sp³-hybridized carbons (Fsp3) is 0.444. The standard InChI is InChI=1S/C18H26FN7O2/c1-2-6-25-9-8-23(13-22-25)17-4-3-14(10-16(17)19)26-12-15(28-18(26)27)11-24(21)7-5-20/h3-5,7,10,13,15H,2,6,8-9,11-12,20-21H2,1H3/b7-5-. The number of amides is 1. The van der Waals surface area contributed by atoms with Crippen molar-refractivity contribution in [2.75, 3.05) is 42.5 Å². The van der Waals surface area contributed by atoms with Gasteiger partial charge in [0.1, 0.15) is 18.3 Å². The number of hydrazone groups is 1. The lowest BCUT2D eigenvalue weighted by atomic mass is 10.2. The molecule has 2 aliphatic heterocycles. The van der Waals surface area contributed by atoms with Crippen LogP contribution in [0.1, 0.15) is 13.3 Å². The highest BCUT2D eigenvalue weighted by molar-refractivity contribution is 5.90. The third kappa shape index (κ3) is 4.45. The second kappa shape index (κ2) is 8.79. The van der Waals surface area contributed by atoms with Crippen LogP contribution in [-0.4, -0.2) is 61.3 Å². The van der Waals surface area contributed by atoms with Crippen LogP contribution in [0.3, 0.4) is 0 Å². The summed E-state index contributed by atoms with van der Waals surface area (Å²) >= 11 is 0. The van der Waals surface area contributed by atoms with Crippen molar-refractivity contribution < 1.29 is 13.9 Å². The molecule has 2 heterocycles. The first-order valence-corrected chi connectivity index (χ1v) is 9.25. The van der Waals surface area contributed by atoms with Crippen LogP contribution in [0, 0.1) is 5.82 Å². The monoisotopic (exact) mass is 391 g/mol. The Morgan fingerprint density at radius 2 is 2.25 bits per heavy atom. The highest BCUT2D eigenvalue weighted by atomic mass is 19.1. The molecule has 10 heteroatoms. The number of nitrogens with zero attached hydrogens (tertiary/aromatic N) is 5. The van der Waals surface area contributed by atoms with Crippen molar-refractivity contribution in [2.45, 2.75) is 19.4 Å². The van der Waals surface area contributed by atoms with E-state index in [2.05, 4.69) is 12.0 Å². The predicted molar refractivity (Wildman–Crippen MR) is 106 cm³/mol. The Balaban J connectivity index is 1.67. The molecule has 0 aromatic heterocycles. The summed E-state index contributed by atoms with van der Waals surface area (Å²) in [5.74, 6) is 5.30. The zero-order valence-electron chi connectivity index (χ0n) is 15.9. The van der Waals surface area contributed by atoms with E-state index in [1.54, 1.807) is 23.4 Å². The van der Waals surface area contributed by atoms with Crippen molar-refractivity contribution in [3.63, 3.8) is 0 Å². The summed E-state index contributed by atoms with van der Waals surface area (Å²) in [6, 6.07) is 4.69. The summed E-state index contributed by atoms with van der Waals surface area (Å²) in [5, 5.41) is 7.63. The first kappa shape index (κ1) is 19.7. The molecule has 1 fully saturated rings. The molecule has 1 amide bonds. The van der Waals surface area contributed by atoms with Gasteiger partial charge in [0.25, 0.3) is 0 Å². The highest BCUT2D eigenvalue weighted by Crippen LogP contribution is 2.28. The Morgan fingerprint density at radius 3 is 2.89 bits per heavy atom. The highest BCUT2D eigenvalue weighted by Gasteiger charge is 2.33. The Labute approximate surface area is 163 Å². The predicted octanol–water partition coefficient (Wildman–Crippen LogP) is 1.23. The Morgan fingerprint density at radius 1 is 1.43 bits per heavy atom. The fourth-order valence-corrected chi connectivity index (χ4v) is 3.21. The second-order valence-electron chi connectivity index (χ2n) is 6.67. The lowest BCUT2D eigenvalue weighted by Crippen LogP contribution is -2.38. The molecule has 3 rings (SSSR count). The van der Waals surface area contributed by atoms with E-state index in [0.717, 1.165) is 19.5 Å². The van der Waals surface area contributed by atoms with Gasteiger partial charge in [0.2, 0.25) is 0 Å². The van der Waals surface area contributed by atoms with Crippen LogP contribution in [0.5, 0.6) is 0 Å². The maximum atomic E-state index is 14.7. The van der Waals surface area contributed by atoms with Crippen LogP contribution in [0.2, 0.25) is 0 Å². The summed E-state index contributed by atoms with van der Waals surface area (Å²) in [5.41, 5.74) is 6.15. The lowest BCUT2D eigenvalue weighted by Gasteiger charge is -2.30. The van der Waals surface area contributed by atoms with Crippen molar-refractivity contribution in [1.82, 2.24) is 10.0 Å². The molecule has 1 unspecified atom stereocenters. The van der Waals surface area contributed by atoms with E-state index in [1.807, 2.05) is 5.01 Å². The van der Waals surface area contributed by atoms with Crippen molar-refractivity contribution in [1.29, 1.82) is 0 Å². The minimum absolute atomic E-state index is 0.279. The minimum atomic E-state index is -0.531. The largest absolute Gasteiger partial charge is 0.442 e. The van der Waals surface area contributed by atoms with Crippen molar-refractivity contribution in [3.8, 4) is 0 Å². The summed E-state index contributed by atoms with van der Waals surface area (Å²) in [6.07, 6.45) is 4.46. The van der Waals surface area contributed by atoms with Crippen molar-refractivity contribution >= 4 is 23.8 Å². The molecule has 0 saturated carbocycles. The normalized spacial score (nSPS) is 19.6. The van der Waals surface area contributed by atoms with E-state index in [0.29, 0.717) is 17.9 Å². The number of hydrogen-bond donors (Lipinski definition) is 2. The molecule has 152 valence electrons. The smallest absolute Gasteiger partial charge is 0.414 e. The van der Waals surface area contributed by atoms with E-state index < -0.39 is 18.0 Å². The van der Waals surface area contributed by atoms with Gasteiger partial charge in [0, 0.05) is 25.5 Å². The third-order valence-electron chi connectivity index (χ3n) is 4.55. The van der Waals surface area contributed by atoms with E-state index in [9.17, 15) is 9.18 Å². The average Bonchev–Trinajstić information content (AvgIpc) is 3.03. The van der Waals surface area contributed by atoms with Gasteiger partial charge in [-0.05, 0) is 24.6 Å². The molecule has 0 aliphatic carbocycles. The van der Waals surface area contributed by atoms with Gasteiger partial charge in [-0.3, -0.25) is 9.91 Å². The van der Waals surface area contributed by atoms with Gasteiger partial charge in [-0.2, -0.15) is 5.10 Å². The molecule has 2 aliphatic rings. The number of rotatable bonds is 7. The Bertz CT molecular complexity index is 757. The van der Waals surface area contributed by atoms with Crippen molar-refractivity contribution in [2.24, 2.45) is 16.7 Å². The maximum Gasteiger partial charge on any atom is 0.414 e.